The van der Waals surface area contributed by atoms with Gasteiger partial charge in [-0.25, -0.2) is 0 Å². The van der Waals surface area contributed by atoms with Crippen LogP contribution in [0.2, 0.25) is 0 Å². The lowest BCUT2D eigenvalue weighted by molar-refractivity contribution is -0.121. The first kappa shape index (κ1) is 9.94. The number of hydrogen-bond acceptors (Lipinski definition) is 2. The molecule has 0 unspecified atom stereocenters. The molecule has 2 amide bonds. The Hall–Kier alpha value is -1.06. The molecule has 0 aliphatic heterocycles. The quantitative estimate of drug-likeness (QED) is 0.587. The Bertz CT molecular complexity index is 129. The molecular weight excluding hydrogens is 144 g/mol. The van der Waals surface area contributed by atoms with Gasteiger partial charge in [0.1, 0.15) is 0 Å². The summed E-state index contributed by atoms with van der Waals surface area (Å²) >= 11 is 0. The van der Waals surface area contributed by atoms with Gasteiger partial charge in [0.05, 0.1) is 0 Å². The van der Waals surface area contributed by atoms with Crippen LogP contribution in [0.15, 0.2) is 0 Å². The van der Waals surface area contributed by atoms with Gasteiger partial charge in [-0.2, -0.15) is 0 Å². The van der Waals surface area contributed by atoms with E-state index in [1.54, 1.807) is 14.1 Å². The summed E-state index contributed by atoms with van der Waals surface area (Å²) in [5, 5.41) is 4.97. The number of amides is 2. The highest BCUT2D eigenvalue weighted by atomic mass is 16.2. The summed E-state index contributed by atoms with van der Waals surface area (Å²) in [4.78, 5) is 21.3. The lowest BCUT2D eigenvalue weighted by Gasteiger charge is -1.98. The van der Waals surface area contributed by atoms with Gasteiger partial charge in [-0.15, -0.1) is 0 Å². The minimum atomic E-state index is -0.0195. The molecule has 4 nitrogen and oxygen atoms in total. The maximum atomic E-state index is 10.6. The second kappa shape index (κ2) is 5.70. The number of nitrogens with one attached hydrogen (secondary N) is 2. The van der Waals surface area contributed by atoms with E-state index in [1.165, 1.54) is 0 Å². The Morgan fingerprint density at radius 1 is 1.00 bits per heavy atom. The molecule has 0 saturated carbocycles. The number of carbonyl (C=O) groups excluding carboxylic acids is 2. The van der Waals surface area contributed by atoms with E-state index >= 15 is 0 Å². The van der Waals surface area contributed by atoms with Crippen LogP contribution in [0, 0.1) is 0 Å². The van der Waals surface area contributed by atoms with Crippen LogP contribution in [-0.2, 0) is 9.59 Å². The Kier molecular flexibility index (Phi) is 5.15. The van der Waals surface area contributed by atoms with Crippen LogP contribution in [0.4, 0.5) is 0 Å². The second-order valence-corrected chi connectivity index (χ2v) is 2.20. The van der Waals surface area contributed by atoms with E-state index in [-0.39, 0.29) is 11.8 Å². The molecule has 0 aromatic heterocycles. The molecular formula is C7H14N2O2. The fraction of sp³-hybridized carbons (Fsp3) is 0.714. The van der Waals surface area contributed by atoms with Gasteiger partial charge >= 0.3 is 0 Å². The van der Waals surface area contributed by atoms with Crippen LogP contribution < -0.4 is 10.6 Å². The van der Waals surface area contributed by atoms with Crippen LogP contribution in [0.25, 0.3) is 0 Å². The van der Waals surface area contributed by atoms with Crippen molar-refractivity contribution in [3.05, 3.63) is 0 Å². The van der Waals surface area contributed by atoms with Crippen molar-refractivity contribution in [2.75, 3.05) is 14.1 Å². The molecule has 0 aliphatic rings. The Balaban J connectivity index is 3.27. The molecule has 11 heavy (non-hydrogen) atoms. The van der Waals surface area contributed by atoms with Crippen molar-refractivity contribution < 1.29 is 9.59 Å². The molecule has 0 saturated heterocycles. The minimum absolute atomic E-state index is 0.0195. The van der Waals surface area contributed by atoms with E-state index in [1.807, 2.05) is 0 Å². The van der Waals surface area contributed by atoms with Crippen molar-refractivity contribution in [3.8, 4) is 0 Å². The summed E-state index contributed by atoms with van der Waals surface area (Å²) in [5.41, 5.74) is 0. The van der Waals surface area contributed by atoms with Crippen LogP contribution in [0.3, 0.4) is 0 Å². The maximum absolute atomic E-state index is 10.6. The Morgan fingerprint density at radius 3 is 1.64 bits per heavy atom. The van der Waals surface area contributed by atoms with Gasteiger partial charge in [-0.05, 0) is 6.42 Å². The van der Waals surface area contributed by atoms with Crippen molar-refractivity contribution in [2.24, 2.45) is 0 Å². The first-order valence-corrected chi connectivity index (χ1v) is 3.62. The Labute approximate surface area is 66.4 Å². The highest BCUT2D eigenvalue weighted by Gasteiger charge is 2.00. The molecule has 0 bridgehead atoms. The molecule has 0 spiro atoms. The third-order valence-corrected chi connectivity index (χ3v) is 1.37. The van der Waals surface area contributed by atoms with E-state index in [0.717, 1.165) is 0 Å². The molecule has 0 aliphatic carbocycles. The summed E-state index contributed by atoms with van der Waals surface area (Å²) in [6.07, 6.45) is 1.45. The SMILES string of the molecule is CNC(=O)CCCC(=O)NC. The van der Waals surface area contributed by atoms with Crippen LogP contribution in [-0.4, -0.2) is 25.9 Å². The average Bonchev–Trinajstić information content (AvgIpc) is 2.04. The minimum Gasteiger partial charge on any atom is -0.359 e. The van der Waals surface area contributed by atoms with Crippen molar-refractivity contribution in [1.29, 1.82) is 0 Å². The van der Waals surface area contributed by atoms with Crippen LogP contribution in [0.1, 0.15) is 19.3 Å². The first-order valence-electron chi connectivity index (χ1n) is 3.62. The zero-order valence-electron chi connectivity index (χ0n) is 6.94. The molecule has 2 N–H and O–H groups in total. The lowest BCUT2D eigenvalue weighted by atomic mass is 10.2. The summed E-state index contributed by atoms with van der Waals surface area (Å²) in [6, 6.07) is 0. The van der Waals surface area contributed by atoms with Crippen molar-refractivity contribution in [1.82, 2.24) is 10.6 Å². The molecule has 4 heteroatoms. The Morgan fingerprint density at radius 2 is 1.36 bits per heavy atom. The monoisotopic (exact) mass is 158 g/mol. The zero-order valence-corrected chi connectivity index (χ0v) is 6.94. The molecule has 0 atom stereocenters. The lowest BCUT2D eigenvalue weighted by Crippen LogP contribution is -2.20. The largest absolute Gasteiger partial charge is 0.359 e. The standard InChI is InChI=1S/C7H14N2O2/c1-8-6(10)4-3-5-7(11)9-2/h3-5H2,1-2H3,(H,8,10)(H,9,11). The zero-order chi connectivity index (χ0) is 8.69. The van der Waals surface area contributed by atoms with Crippen LogP contribution >= 0.6 is 0 Å². The van der Waals surface area contributed by atoms with E-state index in [0.29, 0.717) is 19.3 Å². The average molecular weight is 158 g/mol. The first-order chi connectivity index (χ1) is 5.20. The highest BCUT2D eigenvalue weighted by Crippen LogP contribution is 1.93. The fourth-order valence-corrected chi connectivity index (χ4v) is 0.660. The van der Waals surface area contributed by atoms with Gasteiger partial charge < -0.3 is 10.6 Å². The van der Waals surface area contributed by atoms with E-state index in [2.05, 4.69) is 10.6 Å². The topological polar surface area (TPSA) is 58.2 Å². The van der Waals surface area contributed by atoms with E-state index in [9.17, 15) is 9.59 Å². The van der Waals surface area contributed by atoms with Gasteiger partial charge in [-0.3, -0.25) is 9.59 Å². The van der Waals surface area contributed by atoms with E-state index < -0.39 is 0 Å². The van der Waals surface area contributed by atoms with E-state index in [4.69, 9.17) is 0 Å². The van der Waals surface area contributed by atoms with Crippen molar-refractivity contribution >= 4 is 11.8 Å². The smallest absolute Gasteiger partial charge is 0.219 e. The summed E-state index contributed by atoms with van der Waals surface area (Å²) in [5.74, 6) is -0.0391. The van der Waals surface area contributed by atoms with Crippen molar-refractivity contribution in [2.45, 2.75) is 19.3 Å². The van der Waals surface area contributed by atoms with Gasteiger partial charge in [0.2, 0.25) is 11.8 Å². The fourth-order valence-electron chi connectivity index (χ4n) is 0.660. The molecule has 0 fully saturated rings. The van der Waals surface area contributed by atoms with Gasteiger partial charge in [0.25, 0.3) is 0 Å². The summed E-state index contributed by atoms with van der Waals surface area (Å²) in [6.45, 7) is 0. The summed E-state index contributed by atoms with van der Waals surface area (Å²) in [7, 11) is 3.17. The molecule has 0 radical (unpaired) electrons. The third kappa shape index (κ3) is 5.39. The molecule has 64 valence electrons. The normalized spacial score (nSPS) is 8.91. The van der Waals surface area contributed by atoms with Gasteiger partial charge in [0.15, 0.2) is 0 Å². The predicted octanol–water partition coefficient (Wildman–Crippen LogP) is -0.351. The van der Waals surface area contributed by atoms with Gasteiger partial charge in [-0.1, -0.05) is 0 Å². The number of hydrogen-bond donors (Lipinski definition) is 2. The summed E-state index contributed by atoms with van der Waals surface area (Å²) < 4.78 is 0. The van der Waals surface area contributed by atoms with Crippen LogP contribution in [0.5, 0.6) is 0 Å². The second-order valence-electron chi connectivity index (χ2n) is 2.20. The highest BCUT2D eigenvalue weighted by molar-refractivity contribution is 5.78. The third-order valence-electron chi connectivity index (χ3n) is 1.37. The van der Waals surface area contributed by atoms with Gasteiger partial charge in [0, 0.05) is 26.9 Å². The maximum Gasteiger partial charge on any atom is 0.219 e. The van der Waals surface area contributed by atoms with Crippen molar-refractivity contribution in [3.63, 3.8) is 0 Å². The molecule has 0 rings (SSSR count). The number of rotatable bonds is 4. The molecule has 0 heterocycles. The molecule has 0 aromatic carbocycles. The molecule has 0 aromatic rings. The number of carbonyl (C=O) groups is 2. The predicted molar refractivity (Wildman–Crippen MR) is 42.0 cm³/mol.